The molecule has 0 aliphatic carbocycles. The first kappa shape index (κ1) is 12.6. The van der Waals surface area contributed by atoms with Crippen molar-refractivity contribution >= 4 is 0 Å². The van der Waals surface area contributed by atoms with E-state index in [0.29, 0.717) is 6.42 Å². The standard InChI is InChI=1S/C10H22N2O/c1-6-7-8-10(5,13)12-11-9(2,3)4/h13H,6-8H2,1-5H3/b12-11+. The molecule has 1 unspecified atom stereocenters. The van der Waals surface area contributed by atoms with Crippen LogP contribution in [0.25, 0.3) is 0 Å². The highest BCUT2D eigenvalue weighted by molar-refractivity contribution is 4.72. The number of aliphatic hydroxyl groups is 1. The Labute approximate surface area is 81.3 Å². The van der Waals surface area contributed by atoms with E-state index in [-0.39, 0.29) is 5.54 Å². The van der Waals surface area contributed by atoms with Gasteiger partial charge in [-0.1, -0.05) is 13.3 Å². The van der Waals surface area contributed by atoms with Crippen LogP contribution in [0.15, 0.2) is 10.2 Å². The van der Waals surface area contributed by atoms with Gasteiger partial charge in [-0.15, -0.1) is 0 Å². The molecule has 0 fully saturated rings. The van der Waals surface area contributed by atoms with E-state index in [1.807, 2.05) is 20.8 Å². The lowest BCUT2D eigenvalue weighted by atomic mass is 10.1. The molecule has 0 amide bonds. The normalized spacial score (nSPS) is 17.7. The van der Waals surface area contributed by atoms with Crippen molar-refractivity contribution < 1.29 is 5.11 Å². The first-order valence-corrected chi connectivity index (χ1v) is 4.93. The van der Waals surface area contributed by atoms with Crippen molar-refractivity contribution in [2.75, 3.05) is 0 Å². The van der Waals surface area contributed by atoms with Crippen molar-refractivity contribution in [3.05, 3.63) is 0 Å². The molecule has 0 aliphatic heterocycles. The third kappa shape index (κ3) is 7.91. The molecule has 0 radical (unpaired) electrons. The summed E-state index contributed by atoms with van der Waals surface area (Å²) in [5.74, 6) is 0. The van der Waals surface area contributed by atoms with E-state index < -0.39 is 5.72 Å². The molecule has 3 heteroatoms. The zero-order valence-electron chi connectivity index (χ0n) is 9.46. The SMILES string of the molecule is CCCCC(C)(O)/N=N/C(C)(C)C. The fourth-order valence-electron chi connectivity index (χ4n) is 0.819. The monoisotopic (exact) mass is 186 g/mol. The maximum absolute atomic E-state index is 9.75. The zero-order valence-corrected chi connectivity index (χ0v) is 9.46. The average Bonchev–Trinajstić information content (AvgIpc) is 1.97. The van der Waals surface area contributed by atoms with E-state index in [1.165, 1.54) is 0 Å². The quantitative estimate of drug-likeness (QED) is 0.673. The Morgan fingerprint density at radius 3 is 2.00 bits per heavy atom. The largest absolute Gasteiger partial charge is 0.368 e. The fourth-order valence-corrected chi connectivity index (χ4v) is 0.819. The summed E-state index contributed by atoms with van der Waals surface area (Å²) in [4.78, 5) is 0. The highest BCUT2D eigenvalue weighted by atomic mass is 16.3. The van der Waals surface area contributed by atoms with Crippen LogP contribution in [0.3, 0.4) is 0 Å². The van der Waals surface area contributed by atoms with Gasteiger partial charge in [0.2, 0.25) is 0 Å². The van der Waals surface area contributed by atoms with Gasteiger partial charge < -0.3 is 5.11 Å². The van der Waals surface area contributed by atoms with E-state index in [2.05, 4.69) is 17.2 Å². The van der Waals surface area contributed by atoms with Gasteiger partial charge in [-0.05, 0) is 40.5 Å². The minimum atomic E-state index is -0.983. The molecule has 0 aromatic carbocycles. The Morgan fingerprint density at radius 1 is 1.08 bits per heavy atom. The number of unbranched alkanes of at least 4 members (excludes halogenated alkanes) is 1. The molecule has 0 rings (SSSR count). The van der Waals surface area contributed by atoms with Crippen LogP contribution in [-0.2, 0) is 0 Å². The highest BCUT2D eigenvalue weighted by Crippen LogP contribution is 2.18. The Kier molecular flexibility index (Phi) is 4.54. The molecule has 0 aromatic rings. The van der Waals surface area contributed by atoms with Gasteiger partial charge in [-0.2, -0.15) is 10.2 Å². The maximum atomic E-state index is 9.75. The Morgan fingerprint density at radius 2 is 1.62 bits per heavy atom. The van der Waals surface area contributed by atoms with Crippen LogP contribution in [0.4, 0.5) is 0 Å². The van der Waals surface area contributed by atoms with E-state index in [1.54, 1.807) is 6.92 Å². The van der Waals surface area contributed by atoms with Gasteiger partial charge in [-0.25, -0.2) is 0 Å². The van der Waals surface area contributed by atoms with E-state index in [0.717, 1.165) is 12.8 Å². The summed E-state index contributed by atoms with van der Waals surface area (Å²) >= 11 is 0. The molecule has 0 aliphatic rings. The summed E-state index contributed by atoms with van der Waals surface area (Å²) in [6, 6.07) is 0. The van der Waals surface area contributed by atoms with Crippen molar-refractivity contribution in [3.63, 3.8) is 0 Å². The first-order valence-electron chi connectivity index (χ1n) is 4.93. The summed E-state index contributed by atoms with van der Waals surface area (Å²) in [6.45, 7) is 9.69. The molecule has 3 nitrogen and oxygen atoms in total. The van der Waals surface area contributed by atoms with Crippen molar-refractivity contribution in [1.29, 1.82) is 0 Å². The molecular weight excluding hydrogens is 164 g/mol. The Hall–Kier alpha value is -0.440. The predicted molar refractivity (Wildman–Crippen MR) is 54.8 cm³/mol. The molecule has 1 N–H and O–H groups in total. The van der Waals surface area contributed by atoms with Crippen LogP contribution in [0, 0.1) is 0 Å². The van der Waals surface area contributed by atoms with Crippen molar-refractivity contribution in [3.8, 4) is 0 Å². The van der Waals surface area contributed by atoms with Gasteiger partial charge in [0, 0.05) is 0 Å². The second-order valence-corrected chi connectivity index (χ2v) is 4.69. The maximum Gasteiger partial charge on any atom is 0.173 e. The average molecular weight is 186 g/mol. The van der Waals surface area contributed by atoms with Crippen LogP contribution in [0.1, 0.15) is 53.9 Å². The molecule has 0 saturated carbocycles. The van der Waals surface area contributed by atoms with Crippen LogP contribution in [-0.4, -0.2) is 16.4 Å². The number of azo groups is 1. The predicted octanol–water partition coefficient (Wildman–Crippen LogP) is 3.14. The van der Waals surface area contributed by atoms with Gasteiger partial charge in [0.1, 0.15) is 0 Å². The van der Waals surface area contributed by atoms with Crippen molar-refractivity contribution in [2.24, 2.45) is 10.2 Å². The second kappa shape index (κ2) is 4.70. The van der Waals surface area contributed by atoms with Crippen LogP contribution in [0.2, 0.25) is 0 Å². The van der Waals surface area contributed by atoms with E-state index in [9.17, 15) is 5.11 Å². The molecule has 0 aromatic heterocycles. The molecule has 13 heavy (non-hydrogen) atoms. The topological polar surface area (TPSA) is 45.0 Å². The zero-order chi connectivity index (χ0) is 10.5. The summed E-state index contributed by atoms with van der Waals surface area (Å²) < 4.78 is 0. The number of hydrogen-bond donors (Lipinski definition) is 1. The van der Waals surface area contributed by atoms with Gasteiger partial charge >= 0.3 is 0 Å². The summed E-state index contributed by atoms with van der Waals surface area (Å²) in [5, 5.41) is 17.7. The minimum Gasteiger partial charge on any atom is -0.368 e. The fraction of sp³-hybridized carbons (Fsp3) is 1.00. The van der Waals surface area contributed by atoms with Crippen molar-refractivity contribution in [2.45, 2.75) is 65.1 Å². The van der Waals surface area contributed by atoms with Crippen LogP contribution in [0.5, 0.6) is 0 Å². The molecule has 1 atom stereocenters. The lowest BCUT2D eigenvalue weighted by Crippen LogP contribution is -2.22. The van der Waals surface area contributed by atoms with Gasteiger partial charge in [0.25, 0.3) is 0 Å². The molecule has 0 spiro atoms. The summed E-state index contributed by atoms with van der Waals surface area (Å²) in [5.41, 5.74) is -1.18. The molecular formula is C10H22N2O. The molecule has 0 bridgehead atoms. The Balaban J connectivity index is 4.08. The number of nitrogens with zero attached hydrogens (tertiary/aromatic N) is 2. The van der Waals surface area contributed by atoms with E-state index >= 15 is 0 Å². The van der Waals surface area contributed by atoms with Crippen LogP contribution < -0.4 is 0 Å². The van der Waals surface area contributed by atoms with E-state index in [4.69, 9.17) is 0 Å². The second-order valence-electron chi connectivity index (χ2n) is 4.69. The summed E-state index contributed by atoms with van der Waals surface area (Å²) in [7, 11) is 0. The molecule has 0 saturated heterocycles. The lowest BCUT2D eigenvalue weighted by Gasteiger charge is -2.19. The van der Waals surface area contributed by atoms with Gasteiger partial charge in [0.05, 0.1) is 5.54 Å². The lowest BCUT2D eigenvalue weighted by molar-refractivity contribution is 0.0473. The Bertz CT molecular complexity index is 168. The third-order valence-electron chi connectivity index (χ3n) is 1.57. The molecule has 78 valence electrons. The highest BCUT2D eigenvalue weighted by Gasteiger charge is 2.19. The summed E-state index contributed by atoms with van der Waals surface area (Å²) in [6.07, 6.45) is 2.74. The van der Waals surface area contributed by atoms with Gasteiger partial charge in [-0.3, -0.25) is 0 Å². The van der Waals surface area contributed by atoms with Crippen molar-refractivity contribution in [1.82, 2.24) is 0 Å². The van der Waals surface area contributed by atoms with Crippen LogP contribution >= 0.6 is 0 Å². The number of hydrogen-bond acceptors (Lipinski definition) is 3. The number of rotatable bonds is 4. The first-order chi connectivity index (χ1) is 5.77. The smallest absolute Gasteiger partial charge is 0.173 e. The minimum absolute atomic E-state index is 0.198. The third-order valence-corrected chi connectivity index (χ3v) is 1.57. The van der Waals surface area contributed by atoms with Gasteiger partial charge in [0.15, 0.2) is 5.72 Å². The molecule has 0 heterocycles.